The third-order valence-electron chi connectivity index (χ3n) is 19.6. The van der Waals surface area contributed by atoms with Crippen LogP contribution < -0.4 is 47.3 Å². The van der Waals surface area contributed by atoms with Crippen molar-refractivity contribution >= 4 is 83.2 Å². The van der Waals surface area contributed by atoms with Crippen molar-refractivity contribution in [3.05, 3.63) is 77.9 Å². The van der Waals surface area contributed by atoms with Crippen molar-refractivity contribution in [3.63, 3.8) is 0 Å². The molecule has 0 bridgehead atoms. The number of phenols is 1. The molecule has 0 spiro atoms. The first-order chi connectivity index (χ1) is 47.0. The van der Waals surface area contributed by atoms with Crippen molar-refractivity contribution in [1.82, 2.24) is 51.9 Å². The van der Waals surface area contributed by atoms with E-state index in [1.807, 2.05) is 19.2 Å². The Kier molecular flexibility index (Phi) is 29.6. The molecule has 552 valence electrons. The van der Waals surface area contributed by atoms with Gasteiger partial charge in [0.2, 0.25) is 35.4 Å². The van der Waals surface area contributed by atoms with E-state index >= 15 is 0 Å². The van der Waals surface area contributed by atoms with Crippen LogP contribution in [-0.4, -0.2) is 265 Å². The highest BCUT2D eigenvalue weighted by Crippen LogP contribution is 2.43. The summed E-state index contributed by atoms with van der Waals surface area (Å²) in [6.07, 6.45) is -3.91. The molecule has 17 N–H and O–H groups in total. The van der Waals surface area contributed by atoms with E-state index in [9.17, 15) is 79.5 Å². The van der Waals surface area contributed by atoms with E-state index in [0.717, 1.165) is 53.9 Å². The Hall–Kier alpha value is -6.95. The SMILES string of the molecule is COC1(C2CCCCC2)CCN(c2ccc(-c3nnc(-c4ccc(C(=O)N[C@H]5C[C@@H](O)CNC(=O)[C@@H]6[C@@H](O)[C@@H](C)CN6C(=O)[C@H]([C@H](O)CCN)NC(=O)[C@H]([C@H](O)Cc6ccc(O)c(OCCNC(CO)CO)c6)NC(=O)[C@@H]6C[C@@H](O)CN6C(=O)[C@H]([C@@H](C)O)NC5=O)cc4)s3)cc2)CC1.Cl.Cl. The highest BCUT2D eigenvalue weighted by Gasteiger charge is 2.50. The molecular formula is C67H96Cl2N12O18S. The molecule has 7 amide bonds. The summed E-state index contributed by atoms with van der Waals surface area (Å²) in [6, 6.07) is 6.58. The number of ether oxygens (including phenoxy) is 2. The van der Waals surface area contributed by atoms with E-state index in [2.05, 4.69) is 59.1 Å². The average Bonchev–Trinajstić information content (AvgIpc) is 1.45. The van der Waals surface area contributed by atoms with Gasteiger partial charge in [-0.05, 0) is 106 Å². The fraction of sp³-hybridized carbons (Fsp3) is 0.597. The van der Waals surface area contributed by atoms with E-state index < -0.39 is 159 Å². The lowest BCUT2D eigenvalue weighted by Crippen LogP contribution is -2.64. The van der Waals surface area contributed by atoms with Gasteiger partial charge in [-0.3, -0.25) is 33.6 Å². The van der Waals surface area contributed by atoms with Crippen molar-refractivity contribution in [2.24, 2.45) is 17.6 Å². The van der Waals surface area contributed by atoms with Gasteiger partial charge in [0, 0.05) is 93.9 Å². The number of methoxy groups -OCH3 is 1. The number of phenolic OH excluding ortho intramolecular Hbond substituents is 1. The fourth-order valence-electron chi connectivity index (χ4n) is 13.9. The summed E-state index contributed by atoms with van der Waals surface area (Å²) in [6.45, 7) is 2.01. The zero-order chi connectivity index (χ0) is 70.5. The predicted octanol–water partition coefficient (Wildman–Crippen LogP) is -1.39. The second-order valence-electron chi connectivity index (χ2n) is 26.4. The normalized spacial score (nSPS) is 26.1. The van der Waals surface area contributed by atoms with Crippen LogP contribution in [0.4, 0.5) is 5.69 Å². The molecule has 100 heavy (non-hydrogen) atoms. The number of amides is 7. The standard InChI is InChI=1S/C67H94N12O18S.2ClH/c1-36-32-79-56(57(36)88)62(93)70-31-45(83)29-47(71-58(89)39-10-12-40(13-11-39)63-75-76-64(98-63)41-14-16-44(17-15-41)77-24-20-67(96-3,21-25-77)42-7-5-4-6-8-42)59(90)72-53(37(2)82)65(94)78-33-46(84)30-48(78)60(91)73-54(61(92)74-55(66(79)95)50(86)19-22-68)51(87)27-38-9-18-49(85)52(28-38)97-26-23-69-43(34-80)35-81;;/h9-18,28,36-37,42-43,45-48,50-51,53-57,69,80-88H,4-8,19-27,29-35,68H2,1-3H3,(H,70,93)(H,71,89)(H,72,90)(H,73,91)(H,74,92);2*1H/t36-,37+,45+,46+,47-,48-,50+,51+,53-,54-,55-,56-,57-;;/m0../s1. The van der Waals surface area contributed by atoms with Crippen LogP contribution in [-0.2, 0) is 39.9 Å². The Bertz CT molecular complexity index is 3380. The van der Waals surface area contributed by atoms with Crippen LogP contribution >= 0.6 is 36.2 Å². The second-order valence-corrected chi connectivity index (χ2v) is 27.3. The monoisotopic (exact) mass is 1460 g/mol. The molecule has 9 rings (SSSR count). The first kappa shape index (κ1) is 80.4. The molecule has 13 atom stereocenters. The smallest absolute Gasteiger partial charge is 0.251 e. The Balaban J connectivity index is 0.00000702. The van der Waals surface area contributed by atoms with Gasteiger partial charge < -0.3 is 108 Å². The van der Waals surface area contributed by atoms with Crippen LogP contribution in [0, 0.1) is 11.8 Å². The number of anilines is 1. The van der Waals surface area contributed by atoms with Gasteiger partial charge in [0.25, 0.3) is 5.91 Å². The van der Waals surface area contributed by atoms with Crippen LogP contribution in [0.2, 0.25) is 0 Å². The third-order valence-corrected chi connectivity index (χ3v) is 20.6. The Morgan fingerprint density at radius 3 is 2.00 bits per heavy atom. The number of nitrogens with one attached hydrogen (secondary N) is 6. The van der Waals surface area contributed by atoms with Crippen molar-refractivity contribution in [2.75, 3.05) is 77.6 Å². The second kappa shape index (κ2) is 36.8. The van der Waals surface area contributed by atoms with Gasteiger partial charge >= 0.3 is 0 Å². The molecule has 4 aliphatic heterocycles. The highest BCUT2D eigenvalue weighted by molar-refractivity contribution is 7.17. The summed E-state index contributed by atoms with van der Waals surface area (Å²) in [4.78, 5) is 106. The molecule has 1 saturated carbocycles. The average molecular weight is 1460 g/mol. The van der Waals surface area contributed by atoms with Gasteiger partial charge in [0.1, 0.15) is 52.9 Å². The van der Waals surface area contributed by atoms with Gasteiger partial charge in [-0.1, -0.05) is 55.7 Å². The minimum atomic E-state index is -2.08. The summed E-state index contributed by atoms with van der Waals surface area (Å²) < 4.78 is 12.0. The minimum Gasteiger partial charge on any atom is -0.504 e. The number of rotatable bonds is 21. The number of aromatic hydroxyl groups is 1. The lowest BCUT2D eigenvalue weighted by atomic mass is 9.72. The molecule has 0 radical (unpaired) electrons. The lowest BCUT2D eigenvalue weighted by Gasteiger charge is -2.47. The van der Waals surface area contributed by atoms with Gasteiger partial charge in [-0.15, -0.1) is 35.0 Å². The molecule has 1 aromatic heterocycles. The predicted molar refractivity (Wildman–Crippen MR) is 371 cm³/mol. The summed E-state index contributed by atoms with van der Waals surface area (Å²) >= 11 is 1.34. The zero-order valence-corrected chi connectivity index (χ0v) is 58.5. The summed E-state index contributed by atoms with van der Waals surface area (Å²) in [5.41, 5.74) is 8.59. The highest BCUT2D eigenvalue weighted by atomic mass is 35.5. The molecule has 5 fully saturated rings. The number of β-amino-alcohol motifs (C(OH)–C–C–N with tert-alkyl or cyclic N) is 1. The van der Waals surface area contributed by atoms with Crippen molar-refractivity contribution in [3.8, 4) is 32.6 Å². The van der Waals surface area contributed by atoms with E-state index in [1.54, 1.807) is 12.1 Å². The topological polar surface area (TPSA) is 454 Å². The van der Waals surface area contributed by atoms with Crippen molar-refractivity contribution < 1.29 is 89.0 Å². The number of benzene rings is 3. The molecule has 4 saturated heterocycles. The number of aliphatic hydroxyl groups excluding tert-OH is 8. The number of piperidine rings is 1. The number of carbonyl (C=O) groups excluding carboxylic acids is 7. The summed E-state index contributed by atoms with van der Waals surface area (Å²) in [5.74, 6) is -8.29. The summed E-state index contributed by atoms with van der Waals surface area (Å²) in [7, 11) is 1.86. The molecule has 4 aromatic rings. The van der Waals surface area contributed by atoms with Crippen molar-refractivity contribution in [2.45, 2.75) is 169 Å². The molecule has 1 aliphatic carbocycles. The molecular weight excluding hydrogens is 1360 g/mol. The van der Waals surface area contributed by atoms with Gasteiger partial charge in [-0.25, -0.2) is 0 Å². The number of hydrogen-bond acceptors (Lipinski definition) is 24. The van der Waals surface area contributed by atoms with Gasteiger partial charge in [0.15, 0.2) is 11.5 Å². The van der Waals surface area contributed by atoms with E-state index in [4.69, 9.17) is 15.2 Å². The van der Waals surface area contributed by atoms with E-state index in [-0.39, 0.29) is 98.9 Å². The maximum Gasteiger partial charge on any atom is 0.251 e. The quantitative estimate of drug-likeness (QED) is 0.0427. The van der Waals surface area contributed by atoms with E-state index in [1.165, 1.54) is 80.7 Å². The maximum absolute atomic E-state index is 14.8. The van der Waals surface area contributed by atoms with Gasteiger partial charge in [0.05, 0.1) is 61.5 Å². The Morgan fingerprint density at radius 2 is 1.38 bits per heavy atom. The molecule has 3 aromatic carbocycles. The minimum absolute atomic E-state index is 0. The molecule has 33 heteroatoms. The van der Waals surface area contributed by atoms with Crippen LogP contribution in [0.1, 0.15) is 94.0 Å². The molecule has 30 nitrogen and oxygen atoms in total. The van der Waals surface area contributed by atoms with Gasteiger partial charge in [-0.2, -0.15) is 0 Å². The number of nitrogens with zero attached hydrogens (tertiary/aromatic N) is 5. The lowest BCUT2D eigenvalue weighted by molar-refractivity contribution is -0.147. The fourth-order valence-corrected chi connectivity index (χ4v) is 14.7. The maximum atomic E-state index is 14.8. The number of nitrogens with two attached hydrogens (primary N) is 1. The zero-order valence-electron chi connectivity index (χ0n) is 56.1. The molecule has 0 unspecified atom stereocenters. The number of hydrogen-bond donors (Lipinski definition) is 16. The molecule has 5 heterocycles. The van der Waals surface area contributed by atoms with Crippen molar-refractivity contribution in [1.29, 1.82) is 0 Å². The van der Waals surface area contributed by atoms with E-state index in [0.29, 0.717) is 21.5 Å². The van der Waals surface area contributed by atoms with Crippen LogP contribution in [0.15, 0.2) is 66.7 Å². The Morgan fingerprint density at radius 1 is 0.760 bits per heavy atom. The number of carbonyl (C=O) groups is 7. The largest absolute Gasteiger partial charge is 0.504 e. The number of aliphatic hydroxyl groups is 8. The summed E-state index contributed by atoms with van der Waals surface area (Å²) in [5, 5.41) is 124. The van der Waals surface area contributed by atoms with Crippen LogP contribution in [0.3, 0.4) is 0 Å². The Labute approximate surface area is 596 Å². The number of aromatic nitrogens is 2. The first-order valence-electron chi connectivity index (χ1n) is 33.6. The molecule has 5 aliphatic rings. The number of halogens is 2. The third kappa shape index (κ3) is 19.4. The van der Waals surface area contributed by atoms with Crippen LogP contribution in [0.25, 0.3) is 21.1 Å². The number of fused-ring (bicyclic) bond motifs is 2. The van der Waals surface area contributed by atoms with Crippen LogP contribution in [0.5, 0.6) is 11.5 Å². The first-order valence-corrected chi connectivity index (χ1v) is 34.4.